The number of rotatable bonds is 8. The second-order valence-corrected chi connectivity index (χ2v) is 6.42. The maximum atomic E-state index is 6.82. The van der Waals surface area contributed by atoms with Crippen molar-refractivity contribution in [3.05, 3.63) is 53.3 Å². The molecule has 6 nitrogen and oxygen atoms in total. The maximum Gasteiger partial charge on any atom is 0.236 e. The standard InChI is InChI=1S/C20H24N6/c1-15-14-16(2)26-19(23-13-8-5-4-7-11-21-3)18(25-20(26)24-15)17-10-6-9-12-22-17/h6,9-10,12,14,23H,4-5,7-8,11,13H2,1-2H3. The number of pyridine rings is 1. The van der Waals surface area contributed by atoms with Gasteiger partial charge in [0, 0.05) is 30.6 Å². The van der Waals surface area contributed by atoms with E-state index in [1.165, 1.54) is 0 Å². The van der Waals surface area contributed by atoms with E-state index in [2.05, 4.69) is 37.5 Å². The van der Waals surface area contributed by atoms with Crippen LogP contribution in [0.5, 0.6) is 0 Å². The van der Waals surface area contributed by atoms with Crippen molar-refractivity contribution in [3.63, 3.8) is 0 Å². The molecule has 1 N–H and O–H groups in total. The minimum Gasteiger partial charge on any atom is -0.369 e. The first-order valence-electron chi connectivity index (χ1n) is 9.06. The van der Waals surface area contributed by atoms with Gasteiger partial charge in [-0.1, -0.05) is 12.5 Å². The number of hydrogen-bond donors (Lipinski definition) is 1. The normalized spacial score (nSPS) is 10.8. The molecule has 0 fully saturated rings. The van der Waals surface area contributed by atoms with E-state index in [1.54, 1.807) is 6.20 Å². The highest BCUT2D eigenvalue weighted by atomic mass is 15.2. The van der Waals surface area contributed by atoms with Crippen molar-refractivity contribution in [2.24, 2.45) is 0 Å². The molecule has 0 spiro atoms. The third kappa shape index (κ3) is 3.99. The van der Waals surface area contributed by atoms with Gasteiger partial charge in [-0.15, -0.1) is 0 Å². The molecular formula is C20H24N6. The number of imidazole rings is 1. The molecule has 0 aliphatic carbocycles. The van der Waals surface area contributed by atoms with E-state index in [0.29, 0.717) is 12.3 Å². The topological polar surface area (TPSA) is 59.5 Å². The lowest BCUT2D eigenvalue weighted by Gasteiger charge is -2.10. The van der Waals surface area contributed by atoms with Crippen LogP contribution in [0.15, 0.2) is 30.5 Å². The molecule has 0 radical (unpaired) electrons. The van der Waals surface area contributed by atoms with Crippen LogP contribution in [-0.2, 0) is 0 Å². The molecule has 0 aromatic carbocycles. The van der Waals surface area contributed by atoms with Crippen LogP contribution >= 0.6 is 0 Å². The second kappa shape index (κ2) is 8.43. The van der Waals surface area contributed by atoms with Crippen molar-refractivity contribution in [1.29, 1.82) is 0 Å². The number of unbranched alkanes of at least 4 members (excludes halogenated alkanes) is 3. The van der Waals surface area contributed by atoms with E-state index in [-0.39, 0.29) is 0 Å². The molecule has 0 atom stereocenters. The van der Waals surface area contributed by atoms with Gasteiger partial charge in [0.1, 0.15) is 11.5 Å². The van der Waals surface area contributed by atoms with E-state index < -0.39 is 0 Å². The molecule has 0 amide bonds. The molecule has 0 aliphatic heterocycles. The van der Waals surface area contributed by atoms with Crippen LogP contribution in [0.1, 0.15) is 37.1 Å². The Morgan fingerprint density at radius 3 is 2.73 bits per heavy atom. The fourth-order valence-electron chi connectivity index (χ4n) is 3.10. The summed E-state index contributed by atoms with van der Waals surface area (Å²) < 4.78 is 2.07. The first-order valence-corrected chi connectivity index (χ1v) is 9.06. The van der Waals surface area contributed by atoms with Gasteiger partial charge < -0.3 is 10.2 Å². The largest absolute Gasteiger partial charge is 0.369 e. The summed E-state index contributed by atoms with van der Waals surface area (Å²) in [5, 5.41) is 3.55. The maximum absolute atomic E-state index is 6.82. The van der Waals surface area contributed by atoms with Crippen molar-refractivity contribution in [3.8, 4) is 11.4 Å². The van der Waals surface area contributed by atoms with Crippen LogP contribution < -0.4 is 5.32 Å². The average Bonchev–Trinajstić information content (AvgIpc) is 3.00. The van der Waals surface area contributed by atoms with Crippen LogP contribution in [0, 0.1) is 20.4 Å². The van der Waals surface area contributed by atoms with E-state index >= 15 is 0 Å². The number of hydrogen-bond acceptors (Lipinski definition) is 4. The summed E-state index contributed by atoms with van der Waals surface area (Å²) in [6, 6.07) is 7.91. The van der Waals surface area contributed by atoms with Crippen molar-refractivity contribution in [2.75, 3.05) is 18.4 Å². The van der Waals surface area contributed by atoms with Crippen LogP contribution in [-0.4, -0.2) is 32.4 Å². The Morgan fingerprint density at radius 2 is 1.96 bits per heavy atom. The second-order valence-electron chi connectivity index (χ2n) is 6.42. The Bertz CT molecular complexity index is 907. The summed E-state index contributed by atoms with van der Waals surface area (Å²) in [7, 11) is 0. The molecular weight excluding hydrogens is 324 g/mol. The monoisotopic (exact) mass is 348 g/mol. The number of aryl methyl sites for hydroxylation is 2. The smallest absolute Gasteiger partial charge is 0.236 e. The SMILES string of the molecule is [C-]#[N+]CCCCCCNc1c(-c2ccccn2)nc2nc(C)cc(C)n12. The highest BCUT2D eigenvalue weighted by Crippen LogP contribution is 2.28. The van der Waals surface area contributed by atoms with Gasteiger partial charge in [-0.25, -0.2) is 16.5 Å². The molecule has 134 valence electrons. The van der Waals surface area contributed by atoms with E-state index in [1.807, 2.05) is 25.1 Å². The number of nitrogens with one attached hydrogen (secondary N) is 1. The third-order valence-electron chi connectivity index (χ3n) is 4.30. The minimum absolute atomic E-state index is 0.634. The summed E-state index contributed by atoms with van der Waals surface area (Å²) in [6.45, 7) is 12.4. The predicted octanol–water partition coefficient (Wildman–Crippen LogP) is 4.30. The lowest BCUT2D eigenvalue weighted by atomic mass is 10.2. The van der Waals surface area contributed by atoms with Crippen LogP contribution in [0.4, 0.5) is 5.82 Å². The number of anilines is 1. The fourth-order valence-corrected chi connectivity index (χ4v) is 3.10. The highest BCUT2D eigenvalue weighted by molar-refractivity contribution is 5.73. The molecule has 3 rings (SSSR count). The summed E-state index contributed by atoms with van der Waals surface area (Å²) in [5.41, 5.74) is 3.73. The average molecular weight is 348 g/mol. The first-order chi connectivity index (χ1) is 12.7. The van der Waals surface area contributed by atoms with E-state index in [4.69, 9.17) is 11.6 Å². The fraction of sp³-hybridized carbons (Fsp3) is 0.400. The van der Waals surface area contributed by atoms with Gasteiger partial charge in [-0.05, 0) is 44.9 Å². The third-order valence-corrected chi connectivity index (χ3v) is 4.30. The molecule has 26 heavy (non-hydrogen) atoms. The van der Waals surface area contributed by atoms with Crippen molar-refractivity contribution in [1.82, 2.24) is 19.4 Å². The Labute approximate surface area is 154 Å². The lowest BCUT2D eigenvalue weighted by Crippen LogP contribution is -2.07. The minimum atomic E-state index is 0.634. The number of aromatic nitrogens is 4. The van der Waals surface area contributed by atoms with E-state index in [0.717, 1.165) is 60.8 Å². The molecule has 3 aromatic heterocycles. The quantitative estimate of drug-likeness (QED) is 0.487. The van der Waals surface area contributed by atoms with Gasteiger partial charge >= 0.3 is 0 Å². The molecule has 0 saturated heterocycles. The first kappa shape index (κ1) is 17.9. The van der Waals surface area contributed by atoms with Gasteiger partial charge in [0.2, 0.25) is 12.3 Å². The molecule has 0 aliphatic rings. The van der Waals surface area contributed by atoms with Crippen LogP contribution in [0.25, 0.3) is 22.0 Å². The van der Waals surface area contributed by atoms with Crippen molar-refractivity contribution >= 4 is 11.6 Å². The van der Waals surface area contributed by atoms with Gasteiger partial charge in [-0.3, -0.25) is 9.38 Å². The predicted molar refractivity (Wildman–Crippen MR) is 104 cm³/mol. The van der Waals surface area contributed by atoms with Crippen molar-refractivity contribution < 1.29 is 0 Å². The Kier molecular flexibility index (Phi) is 5.80. The van der Waals surface area contributed by atoms with Gasteiger partial charge in [0.05, 0.1) is 5.69 Å². The number of fused-ring (bicyclic) bond motifs is 1. The molecule has 0 saturated carbocycles. The summed E-state index contributed by atoms with van der Waals surface area (Å²) in [4.78, 5) is 17.2. The Morgan fingerprint density at radius 1 is 1.12 bits per heavy atom. The van der Waals surface area contributed by atoms with Gasteiger partial charge in [0.15, 0.2) is 0 Å². The van der Waals surface area contributed by atoms with Crippen LogP contribution in [0.3, 0.4) is 0 Å². The Hall–Kier alpha value is -2.94. The zero-order chi connectivity index (χ0) is 18.4. The summed E-state index contributed by atoms with van der Waals surface area (Å²) in [5.74, 6) is 1.65. The van der Waals surface area contributed by atoms with Crippen molar-refractivity contribution in [2.45, 2.75) is 39.5 Å². The van der Waals surface area contributed by atoms with Crippen LogP contribution in [0.2, 0.25) is 0 Å². The zero-order valence-corrected chi connectivity index (χ0v) is 15.4. The van der Waals surface area contributed by atoms with E-state index in [9.17, 15) is 0 Å². The molecule has 0 bridgehead atoms. The molecule has 3 aromatic rings. The molecule has 0 unspecified atom stereocenters. The Balaban J connectivity index is 1.83. The highest BCUT2D eigenvalue weighted by Gasteiger charge is 2.17. The lowest BCUT2D eigenvalue weighted by molar-refractivity contribution is 0.677. The number of nitrogens with zero attached hydrogens (tertiary/aromatic N) is 5. The summed E-state index contributed by atoms with van der Waals surface area (Å²) in [6.07, 6.45) is 6.05. The van der Waals surface area contributed by atoms with Gasteiger partial charge in [-0.2, -0.15) is 0 Å². The zero-order valence-electron chi connectivity index (χ0n) is 15.4. The molecule has 6 heteroatoms. The molecule has 3 heterocycles. The van der Waals surface area contributed by atoms with Gasteiger partial charge in [0.25, 0.3) is 0 Å². The summed E-state index contributed by atoms with van der Waals surface area (Å²) >= 11 is 0.